The predicted molar refractivity (Wildman–Crippen MR) is 82.6 cm³/mol. The van der Waals surface area contributed by atoms with E-state index < -0.39 is 11.6 Å². The van der Waals surface area contributed by atoms with E-state index in [4.69, 9.17) is 15.2 Å². The van der Waals surface area contributed by atoms with Gasteiger partial charge in [-0.1, -0.05) is 13.0 Å². The van der Waals surface area contributed by atoms with Gasteiger partial charge in [0.25, 0.3) is 0 Å². The van der Waals surface area contributed by atoms with E-state index in [9.17, 15) is 9.90 Å². The van der Waals surface area contributed by atoms with Gasteiger partial charge in [0, 0.05) is 6.42 Å². The number of anilines is 1. The Bertz CT molecular complexity index is 487. The molecule has 5 heteroatoms. The molecule has 0 amide bonds. The zero-order valence-electron chi connectivity index (χ0n) is 13.2. The van der Waals surface area contributed by atoms with Crippen molar-refractivity contribution in [2.45, 2.75) is 52.2 Å². The molecule has 1 atom stereocenters. The first kappa shape index (κ1) is 17.3. The van der Waals surface area contributed by atoms with Crippen molar-refractivity contribution in [2.24, 2.45) is 0 Å². The minimum Gasteiger partial charge on any atom is -0.492 e. The fourth-order valence-electron chi connectivity index (χ4n) is 2.30. The first-order valence-corrected chi connectivity index (χ1v) is 7.27. The van der Waals surface area contributed by atoms with Gasteiger partial charge in [-0.25, -0.2) is 4.79 Å². The Morgan fingerprint density at radius 3 is 2.48 bits per heavy atom. The van der Waals surface area contributed by atoms with Crippen LogP contribution in [0.5, 0.6) is 5.75 Å². The minimum absolute atomic E-state index is 0.166. The highest BCUT2D eigenvalue weighted by atomic mass is 16.5. The van der Waals surface area contributed by atoms with Crippen LogP contribution in [0.2, 0.25) is 0 Å². The zero-order chi connectivity index (χ0) is 16.0. The predicted octanol–water partition coefficient (Wildman–Crippen LogP) is 2.87. The molecule has 0 spiro atoms. The molecule has 118 valence electrons. The van der Waals surface area contributed by atoms with Gasteiger partial charge in [0.15, 0.2) is 5.60 Å². The number of carbonyl (C=O) groups is 1. The molecule has 21 heavy (non-hydrogen) atoms. The molecular formula is C16H25NO4. The van der Waals surface area contributed by atoms with Crippen molar-refractivity contribution in [2.75, 3.05) is 12.3 Å². The molecule has 1 aromatic rings. The molecule has 0 saturated heterocycles. The van der Waals surface area contributed by atoms with Crippen molar-refractivity contribution in [3.8, 4) is 5.75 Å². The molecule has 0 bridgehead atoms. The summed E-state index contributed by atoms with van der Waals surface area (Å²) in [6.45, 7) is 7.90. The standard InChI is InChI=1S/C16H25NO4/c1-5-16(15(18)19,21-11(3)4)10-12-7-8-14(20-6-2)13(17)9-12/h7-9,11H,5-6,10,17H2,1-4H3,(H,18,19). The summed E-state index contributed by atoms with van der Waals surface area (Å²) >= 11 is 0. The second kappa shape index (κ2) is 7.31. The summed E-state index contributed by atoms with van der Waals surface area (Å²) < 4.78 is 11.1. The van der Waals surface area contributed by atoms with Crippen LogP contribution in [0.1, 0.15) is 39.7 Å². The third-order valence-electron chi connectivity index (χ3n) is 3.29. The number of nitrogens with two attached hydrogens (primary N) is 1. The lowest BCUT2D eigenvalue weighted by Crippen LogP contribution is -2.45. The Hall–Kier alpha value is -1.75. The number of rotatable bonds is 8. The van der Waals surface area contributed by atoms with Crippen LogP contribution in [-0.4, -0.2) is 29.4 Å². The summed E-state index contributed by atoms with van der Waals surface area (Å²) in [5, 5.41) is 9.56. The normalized spacial score (nSPS) is 14.0. The molecule has 1 aromatic carbocycles. The van der Waals surface area contributed by atoms with E-state index in [0.717, 1.165) is 5.56 Å². The van der Waals surface area contributed by atoms with E-state index in [1.165, 1.54) is 0 Å². The van der Waals surface area contributed by atoms with Gasteiger partial charge in [-0.3, -0.25) is 0 Å². The largest absolute Gasteiger partial charge is 0.492 e. The van der Waals surface area contributed by atoms with Crippen molar-refractivity contribution in [1.82, 2.24) is 0 Å². The maximum atomic E-state index is 11.7. The molecule has 1 rings (SSSR count). The fraction of sp³-hybridized carbons (Fsp3) is 0.562. The number of hydrogen-bond donors (Lipinski definition) is 2. The quantitative estimate of drug-likeness (QED) is 0.721. The van der Waals surface area contributed by atoms with Gasteiger partial charge < -0.3 is 20.3 Å². The number of aliphatic carboxylic acids is 1. The van der Waals surface area contributed by atoms with E-state index in [1.807, 2.05) is 33.8 Å². The third-order valence-corrected chi connectivity index (χ3v) is 3.29. The average molecular weight is 295 g/mol. The summed E-state index contributed by atoms with van der Waals surface area (Å²) in [6.07, 6.45) is 0.488. The first-order valence-electron chi connectivity index (χ1n) is 7.27. The molecular weight excluding hydrogens is 270 g/mol. The molecule has 0 heterocycles. The van der Waals surface area contributed by atoms with Crippen molar-refractivity contribution in [3.63, 3.8) is 0 Å². The number of hydrogen-bond acceptors (Lipinski definition) is 4. The molecule has 0 fully saturated rings. The maximum Gasteiger partial charge on any atom is 0.336 e. The molecule has 5 nitrogen and oxygen atoms in total. The molecule has 0 radical (unpaired) electrons. The fourth-order valence-corrected chi connectivity index (χ4v) is 2.30. The SMILES string of the molecule is CCOc1ccc(CC(CC)(OC(C)C)C(=O)O)cc1N. The molecule has 0 aliphatic carbocycles. The number of carboxylic acids is 1. The van der Waals surface area contributed by atoms with Gasteiger partial charge in [0.1, 0.15) is 5.75 Å². The van der Waals surface area contributed by atoms with Gasteiger partial charge in [0.2, 0.25) is 0 Å². The Labute approximate surface area is 126 Å². The molecule has 0 aromatic heterocycles. The topological polar surface area (TPSA) is 81.8 Å². The van der Waals surface area contributed by atoms with E-state index in [0.29, 0.717) is 24.5 Å². The van der Waals surface area contributed by atoms with Crippen LogP contribution < -0.4 is 10.5 Å². The molecule has 0 aliphatic heterocycles. The smallest absolute Gasteiger partial charge is 0.336 e. The third kappa shape index (κ3) is 4.36. The lowest BCUT2D eigenvalue weighted by Gasteiger charge is -2.31. The van der Waals surface area contributed by atoms with E-state index in [2.05, 4.69) is 0 Å². The zero-order valence-corrected chi connectivity index (χ0v) is 13.2. The minimum atomic E-state index is -1.23. The van der Waals surface area contributed by atoms with Gasteiger partial charge in [-0.2, -0.15) is 0 Å². The monoisotopic (exact) mass is 295 g/mol. The van der Waals surface area contributed by atoms with Crippen LogP contribution in [0.15, 0.2) is 18.2 Å². The Kier molecular flexibility index (Phi) is 6.03. The maximum absolute atomic E-state index is 11.7. The van der Waals surface area contributed by atoms with Crippen LogP contribution in [0.3, 0.4) is 0 Å². The van der Waals surface area contributed by atoms with Crippen molar-refractivity contribution in [1.29, 1.82) is 0 Å². The number of nitrogen functional groups attached to an aromatic ring is 1. The summed E-state index contributed by atoms with van der Waals surface area (Å²) in [5.74, 6) is -0.338. The number of carboxylic acid groups (broad SMARTS) is 1. The lowest BCUT2D eigenvalue weighted by molar-refractivity contribution is -0.172. The van der Waals surface area contributed by atoms with Crippen molar-refractivity contribution < 1.29 is 19.4 Å². The molecule has 0 saturated carbocycles. The Morgan fingerprint density at radius 1 is 1.38 bits per heavy atom. The summed E-state index contributed by atoms with van der Waals surface area (Å²) in [4.78, 5) is 11.7. The van der Waals surface area contributed by atoms with Crippen LogP contribution in [0.25, 0.3) is 0 Å². The van der Waals surface area contributed by atoms with Crippen LogP contribution in [0, 0.1) is 0 Å². The second-order valence-corrected chi connectivity index (χ2v) is 5.30. The van der Waals surface area contributed by atoms with E-state index >= 15 is 0 Å². The van der Waals surface area contributed by atoms with Gasteiger partial charge in [-0.05, 0) is 44.9 Å². The van der Waals surface area contributed by atoms with Crippen LogP contribution >= 0.6 is 0 Å². The van der Waals surface area contributed by atoms with Crippen LogP contribution in [-0.2, 0) is 16.0 Å². The Morgan fingerprint density at radius 2 is 2.05 bits per heavy atom. The molecule has 3 N–H and O–H groups in total. The average Bonchev–Trinajstić information content (AvgIpc) is 2.40. The summed E-state index contributed by atoms with van der Waals surface area (Å²) in [5.41, 5.74) is 6.03. The highest BCUT2D eigenvalue weighted by Gasteiger charge is 2.39. The van der Waals surface area contributed by atoms with E-state index in [-0.39, 0.29) is 12.5 Å². The van der Waals surface area contributed by atoms with Gasteiger partial charge in [-0.15, -0.1) is 0 Å². The second-order valence-electron chi connectivity index (χ2n) is 5.30. The highest BCUT2D eigenvalue weighted by Crippen LogP contribution is 2.28. The lowest BCUT2D eigenvalue weighted by atomic mass is 9.91. The number of benzene rings is 1. The molecule has 1 unspecified atom stereocenters. The van der Waals surface area contributed by atoms with Gasteiger partial charge in [0.05, 0.1) is 18.4 Å². The van der Waals surface area contributed by atoms with Gasteiger partial charge >= 0.3 is 5.97 Å². The first-order chi connectivity index (χ1) is 9.84. The van der Waals surface area contributed by atoms with Crippen molar-refractivity contribution in [3.05, 3.63) is 23.8 Å². The summed E-state index contributed by atoms with van der Waals surface area (Å²) in [7, 11) is 0. The molecule has 0 aliphatic rings. The van der Waals surface area contributed by atoms with Crippen LogP contribution in [0.4, 0.5) is 5.69 Å². The Balaban J connectivity index is 3.03. The van der Waals surface area contributed by atoms with Crippen molar-refractivity contribution >= 4 is 11.7 Å². The van der Waals surface area contributed by atoms with E-state index in [1.54, 1.807) is 12.1 Å². The number of ether oxygens (including phenoxy) is 2. The summed E-state index contributed by atoms with van der Waals surface area (Å²) in [6, 6.07) is 5.35. The highest BCUT2D eigenvalue weighted by molar-refractivity contribution is 5.78.